The molecule has 0 bridgehead atoms. The highest BCUT2D eigenvalue weighted by atomic mass is 32.2. The molecule has 0 spiro atoms. The summed E-state index contributed by atoms with van der Waals surface area (Å²) in [5.74, 6) is 0.151. The van der Waals surface area contributed by atoms with Crippen LogP contribution in [0.3, 0.4) is 0 Å². The Hall–Kier alpha value is -1.02. The van der Waals surface area contributed by atoms with E-state index in [0.29, 0.717) is 24.1 Å². The quantitative estimate of drug-likeness (QED) is 0.642. The lowest BCUT2D eigenvalue weighted by Crippen LogP contribution is -2.45. The predicted octanol–water partition coefficient (Wildman–Crippen LogP) is 2.73. The third kappa shape index (κ3) is 7.31. The van der Waals surface area contributed by atoms with Crippen LogP contribution < -0.4 is 10.0 Å². The Kier molecular flexibility index (Phi) is 7.19. The van der Waals surface area contributed by atoms with Crippen LogP contribution in [0.4, 0.5) is 4.39 Å². The fraction of sp³-hybridized carbons (Fsp3) is 0.684. The summed E-state index contributed by atoms with van der Waals surface area (Å²) in [4.78, 5) is 0. The SMILES string of the molecule is CC(C)(CC1CCC(NCC(O)c2cccc(F)c2)CC1)NS(C)(=O)=O. The molecule has 0 radical (unpaired) electrons. The summed E-state index contributed by atoms with van der Waals surface area (Å²) in [6, 6.07) is 6.39. The first-order valence-electron chi connectivity index (χ1n) is 9.20. The van der Waals surface area contributed by atoms with Gasteiger partial charge in [-0.15, -0.1) is 0 Å². The molecule has 1 aromatic carbocycles. The van der Waals surface area contributed by atoms with Crippen molar-refractivity contribution in [1.29, 1.82) is 0 Å². The van der Waals surface area contributed by atoms with Gasteiger partial charge in [-0.1, -0.05) is 12.1 Å². The van der Waals surface area contributed by atoms with Crippen LogP contribution in [0.15, 0.2) is 24.3 Å². The van der Waals surface area contributed by atoms with E-state index >= 15 is 0 Å². The number of halogens is 1. The zero-order chi connectivity index (χ0) is 19.4. The van der Waals surface area contributed by atoms with Crippen LogP contribution in [0.2, 0.25) is 0 Å². The first-order chi connectivity index (χ1) is 12.0. The minimum absolute atomic E-state index is 0.334. The monoisotopic (exact) mass is 386 g/mol. The van der Waals surface area contributed by atoms with E-state index in [2.05, 4.69) is 10.0 Å². The molecular weight excluding hydrogens is 355 g/mol. The maximum atomic E-state index is 13.2. The average molecular weight is 387 g/mol. The lowest BCUT2D eigenvalue weighted by molar-refractivity contribution is 0.159. The highest BCUT2D eigenvalue weighted by Gasteiger charge is 2.29. The largest absolute Gasteiger partial charge is 0.387 e. The van der Waals surface area contributed by atoms with E-state index in [1.165, 1.54) is 18.4 Å². The molecule has 0 aliphatic heterocycles. The molecule has 1 fully saturated rings. The Morgan fingerprint density at radius 2 is 1.92 bits per heavy atom. The van der Waals surface area contributed by atoms with Crippen LogP contribution >= 0.6 is 0 Å². The van der Waals surface area contributed by atoms with Crippen LogP contribution in [0.25, 0.3) is 0 Å². The van der Waals surface area contributed by atoms with Gasteiger partial charge in [0.25, 0.3) is 0 Å². The molecule has 2 rings (SSSR count). The van der Waals surface area contributed by atoms with Gasteiger partial charge in [-0.2, -0.15) is 0 Å². The summed E-state index contributed by atoms with van der Waals surface area (Å²) in [5.41, 5.74) is 0.145. The van der Waals surface area contributed by atoms with Crippen molar-refractivity contribution in [2.45, 2.75) is 63.6 Å². The smallest absolute Gasteiger partial charge is 0.209 e. The molecular formula is C19H31FN2O3S. The molecule has 5 nitrogen and oxygen atoms in total. The zero-order valence-electron chi connectivity index (χ0n) is 15.8. The number of nitrogens with one attached hydrogen (secondary N) is 2. The number of hydrogen-bond donors (Lipinski definition) is 3. The van der Waals surface area contributed by atoms with Gasteiger partial charge in [-0.25, -0.2) is 17.5 Å². The van der Waals surface area contributed by atoms with Crippen molar-refractivity contribution in [3.63, 3.8) is 0 Å². The molecule has 7 heteroatoms. The molecule has 0 amide bonds. The normalized spacial score (nSPS) is 23.0. The van der Waals surface area contributed by atoms with Gasteiger partial charge >= 0.3 is 0 Å². The van der Waals surface area contributed by atoms with Gasteiger partial charge in [-0.3, -0.25) is 0 Å². The van der Waals surface area contributed by atoms with Gasteiger partial charge in [-0.05, 0) is 69.6 Å². The molecule has 0 saturated heterocycles. The van der Waals surface area contributed by atoms with Gasteiger partial charge in [0.15, 0.2) is 0 Å². The van der Waals surface area contributed by atoms with Crippen molar-refractivity contribution < 1.29 is 17.9 Å². The van der Waals surface area contributed by atoms with Crippen LogP contribution in [0.1, 0.15) is 57.6 Å². The molecule has 0 aromatic heterocycles. The Morgan fingerprint density at radius 1 is 1.27 bits per heavy atom. The second-order valence-corrected chi connectivity index (χ2v) is 9.91. The summed E-state index contributed by atoms with van der Waals surface area (Å²) >= 11 is 0. The number of sulfonamides is 1. The number of rotatable bonds is 8. The van der Waals surface area contributed by atoms with Crippen molar-refractivity contribution in [2.24, 2.45) is 5.92 Å². The maximum Gasteiger partial charge on any atom is 0.209 e. The van der Waals surface area contributed by atoms with Crippen molar-refractivity contribution in [3.05, 3.63) is 35.6 Å². The third-order valence-electron chi connectivity index (χ3n) is 4.94. The van der Waals surface area contributed by atoms with E-state index in [0.717, 1.165) is 32.1 Å². The number of hydrogen-bond acceptors (Lipinski definition) is 4. The molecule has 148 valence electrons. The van der Waals surface area contributed by atoms with E-state index in [4.69, 9.17) is 0 Å². The lowest BCUT2D eigenvalue weighted by Gasteiger charge is -2.35. The maximum absolute atomic E-state index is 13.2. The Balaban J connectivity index is 1.74. The van der Waals surface area contributed by atoms with Crippen molar-refractivity contribution in [1.82, 2.24) is 10.0 Å². The van der Waals surface area contributed by atoms with Crippen LogP contribution in [-0.2, 0) is 10.0 Å². The summed E-state index contributed by atoms with van der Waals surface area (Å²) in [6.07, 6.45) is 5.34. The number of benzene rings is 1. The van der Waals surface area contributed by atoms with Gasteiger partial charge in [0, 0.05) is 18.1 Å². The molecule has 1 unspecified atom stereocenters. The third-order valence-corrected chi connectivity index (χ3v) is 5.86. The summed E-state index contributed by atoms with van der Waals surface area (Å²) in [6.45, 7) is 4.25. The van der Waals surface area contributed by atoms with Gasteiger partial charge in [0.05, 0.1) is 12.4 Å². The van der Waals surface area contributed by atoms with Crippen LogP contribution in [0.5, 0.6) is 0 Å². The zero-order valence-corrected chi connectivity index (χ0v) is 16.7. The average Bonchev–Trinajstić information content (AvgIpc) is 2.51. The van der Waals surface area contributed by atoms with Crippen molar-refractivity contribution in [3.8, 4) is 0 Å². The van der Waals surface area contributed by atoms with E-state index in [1.54, 1.807) is 12.1 Å². The van der Waals surface area contributed by atoms with Crippen LogP contribution in [-0.4, -0.2) is 37.9 Å². The molecule has 1 aliphatic rings. The molecule has 3 N–H and O–H groups in total. The highest BCUT2D eigenvalue weighted by Crippen LogP contribution is 2.31. The highest BCUT2D eigenvalue weighted by molar-refractivity contribution is 7.88. The minimum Gasteiger partial charge on any atom is -0.387 e. The molecule has 1 saturated carbocycles. The van der Waals surface area contributed by atoms with Gasteiger partial charge < -0.3 is 10.4 Å². The summed E-state index contributed by atoms with van der Waals surface area (Å²) < 4.78 is 38.9. The molecule has 1 aromatic rings. The topological polar surface area (TPSA) is 78.4 Å². The fourth-order valence-corrected chi connectivity index (χ4v) is 5.03. The fourth-order valence-electron chi connectivity index (χ4n) is 3.95. The van der Waals surface area contributed by atoms with E-state index in [1.807, 2.05) is 13.8 Å². The molecule has 0 heterocycles. The number of aliphatic hydroxyl groups is 1. The number of aliphatic hydroxyl groups excluding tert-OH is 1. The summed E-state index contributed by atoms with van der Waals surface area (Å²) in [7, 11) is -3.21. The van der Waals surface area contributed by atoms with Gasteiger partial charge in [0.1, 0.15) is 5.82 Å². The molecule has 1 atom stereocenters. The van der Waals surface area contributed by atoms with Gasteiger partial charge in [0.2, 0.25) is 10.0 Å². The minimum atomic E-state index is -3.21. The Labute approximate surface area is 156 Å². The van der Waals surface area contributed by atoms with E-state index in [9.17, 15) is 17.9 Å². The molecule has 1 aliphatic carbocycles. The Morgan fingerprint density at radius 3 is 2.50 bits per heavy atom. The predicted molar refractivity (Wildman–Crippen MR) is 102 cm³/mol. The molecule has 26 heavy (non-hydrogen) atoms. The van der Waals surface area contributed by atoms with Crippen molar-refractivity contribution in [2.75, 3.05) is 12.8 Å². The lowest BCUT2D eigenvalue weighted by atomic mass is 9.79. The Bertz CT molecular complexity index is 686. The van der Waals surface area contributed by atoms with Crippen molar-refractivity contribution >= 4 is 10.0 Å². The second-order valence-electron chi connectivity index (χ2n) is 8.16. The first-order valence-corrected chi connectivity index (χ1v) is 11.1. The standard InChI is InChI=1S/C19H31FN2O3S/c1-19(2,22-26(3,24)25)12-14-7-9-17(10-8-14)21-13-18(23)15-5-4-6-16(20)11-15/h4-6,11,14,17-18,21-23H,7-10,12-13H2,1-3H3. The second kappa shape index (κ2) is 8.78. The first kappa shape index (κ1) is 21.3. The van der Waals surface area contributed by atoms with E-state index in [-0.39, 0.29) is 5.82 Å². The summed E-state index contributed by atoms with van der Waals surface area (Å²) in [5, 5.41) is 13.6. The van der Waals surface area contributed by atoms with E-state index < -0.39 is 21.7 Å². The van der Waals surface area contributed by atoms with Crippen LogP contribution in [0, 0.1) is 11.7 Å².